The summed E-state index contributed by atoms with van der Waals surface area (Å²) in [6.45, 7) is 0.984. The zero-order valence-electron chi connectivity index (χ0n) is 14.2. The van der Waals surface area contributed by atoms with Gasteiger partial charge in [-0.2, -0.15) is 11.8 Å². The van der Waals surface area contributed by atoms with Crippen LogP contribution in [0.1, 0.15) is 29.7 Å². The Kier molecular flexibility index (Phi) is 3.71. The fourth-order valence-electron chi connectivity index (χ4n) is 3.59. The molecule has 3 heterocycles. The highest BCUT2D eigenvalue weighted by atomic mass is 32.2. The summed E-state index contributed by atoms with van der Waals surface area (Å²) in [4.78, 5) is 16.6. The molecule has 4 nitrogen and oxygen atoms in total. The quantitative estimate of drug-likeness (QED) is 0.716. The molecule has 0 aromatic carbocycles. The molecule has 0 spiro atoms. The third kappa shape index (κ3) is 2.72. The van der Waals surface area contributed by atoms with Crippen molar-refractivity contribution < 1.29 is 0 Å². The lowest BCUT2D eigenvalue weighted by molar-refractivity contribution is 0.916. The van der Waals surface area contributed by atoms with Gasteiger partial charge in [0.15, 0.2) is 5.82 Å². The minimum absolute atomic E-state index is 0.408. The monoisotopic (exact) mass is 368 g/mol. The van der Waals surface area contributed by atoms with E-state index >= 15 is 0 Å². The predicted molar refractivity (Wildman–Crippen MR) is 107 cm³/mol. The van der Waals surface area contributed by atoms with Gasteiger partial charge >= 0.3 is 0 Å². The molecule has 0 atom stereocenters. The number of rotatable bonds is 5. The molecule has 0 aliphatic heterocycles. The van der Waals surface area contributed by atoms with E-state index in [-0.39, 0.29) is 0 Å². The van der Waals surface area contributed by atoms with E-state index in [9.17, 15) is 0 Å². The number of fused-ring (bicyclic) bond motifs is 3. The Hall–Kier alpha value is -1.66. The van der Waals surface area contributed by atoms with Crippen LogP contribution < -0.4 is 5.32 Å². The van der Waals surface area contributed by atoms with Gasteiger partial charge in [0.25, 0.3) is 0 Å². The van der Waals surface area contributed by atoms with Gasteiger partial charge in [-0.1, -0.05) is 0 Å². The van der Waals surface area contributed by atoms with Gasteiger partial charge in [0, 0.05) is 34.1 Å². The number of aryl methyl sites for hydroxylation is 2. The van der Waals surface area contributed by atoms with Crippen molar-refractivity contribution in [3.63, 3.8) is 0 Å². The van der Waals surface area contributed by atoms with E-state index in [0.29, 0.717) is 4.75 Å². The second-order valence-electron chi connectivity index (χ2n) is 6.92. The first-order valence-corrected chi connectivity index (χ1v) is 10.8. The summed E-state index contributed by atoms with van der Waals surface area (Å²) in [5, 5.41) is 4.95. The van der Waals surface area contributed by atoms with Crippen molar-refractivity contribution >= 4 is 39.1 Å². The Balaban J connectivity index is 1.61. The Morgan fingerprint density at radius 2 is 2.20 bits per heavy atom. The average Bonchev–Trinajstić information content (AvgIpc) is 3.15. The van der Waals surface area contributed by atoms with Crippen molar-refractivity contribution in [2.24, 2.45) is 0 Å². The molecule has 1 fully saturated rings. The third-order valence-corrected chi connectivity index (χ3v) is 7.91. The lowest BCUT2D eigenvalue weighted by Gasteiger charge is -2.15. The predicted octanol–water partition coefficient (Wildman–Crippen LogP) is 4.55. The number of pyridine rings is 1. The van der Waals surface area contributed by atoms with Crippen LogP contribution in [0.15, 0.2) is 24.5 Å². The SMILES string of the molecule is CSC1(CNc2nc(-c3cccnc3)nc3sc4c(c23)CCC4)CC1. The molecular weight excluding hydrogens is 348 g/mol. The summed E-state index contributed by atoms with van der Waals surface area (Å²) in [6, 6.07) is 3.97. The van der Waals surface area contributed by atoms with Crippen molar-refractivity contribution in [2.45, 2.75) is 36.9 Å². The van der Waals surface area contributed by atoms with Gasteiger partial charge in [-0.15, -0.1) is 11.3 Å². The van der Waals surface area contributed by atoms with Crippen LogP contribution in [-0.2, 0) is 12.8 Å². The summed E-state index contributed by atoms with van der Waals surface area (Å²) in [6.07, 6.45) is 12.1. The van der Waals surface area contributed by atoms with Crippen LogP contribution in [-0.4, -0.2) is 32.5 Å². The fourth-order valence-corrected chi connectivity index (χ4v) is 5.57. The Bertz CT molecular complexity index is 931. The molecule has 2 aliphatic rings. The van der Waals surface area contributed by atoms with Gasteiger partial charge in [0.1, 0.15) is 10.6 Å². The molecule has 0 radical (unpaired) electrons. The molecule has 0 saturated heterocycles. The van der Waals surface area contributed by atoms with Gasteiger partial charge in [-0.3, -0.25) is 4.98 Å². The van der Waals surface area contributed by atoms with Gasteiger partial charge in [-0.05, 0) is 56.1 Å². The Morgan fingerprint density at radius 1 is 1.28 bits per heavy atom. The van der Waals surface area contributed by atoms with Crippen LogP contribution in [0.4, 0.5) is 5.82 Å². The van der Waals surface area contributed by atoms with Crippen molar-refractivity contribution in [2.75, 3.05) is 18.1 Å². The Labute approximate surface area is 155 Å². The highest BCUT2D eigenvalue weighted by Gasteiger charge is 2.41. The lowest BCUT2D eigenvalue weighted by Crippen LogP contribution is -2.18. The maximum absolute atomic E-state index is 4.92. The van der Waals surface area contributed by atoms with Crippen LogP contribution in [0.5, 0.6) is 0 Å². The second-order valence-corrected chi connectivity index (χ2v) is 9.27. The minimum Gasteiger partial charge on any atom is -0.368 e. The molecule has 2 aliphatic carbocycles. The summed E-state index contributed by atoms with van der Waals surface area (Å²) >= 11 is 3.83. The molecule has 3 aromatic heterocycles. The van der Waals surface area contributed by atoms with E-state index in [4.69, 9.17) is 9.97 Å². The largest absolute Gasteiger partial charge is 0.368 e. The summed E-state index contributed by atoms with van der Waals surface area (Å²) < 4.78 is 0.408. The highest BCUT2D eigenvalue weighted by molar-refractivity contribution is 8.00. The molecule has 25 heavy (non-hydrogen) atoms. The molecule has 0 unspecified atom stereocenters. The third-order valence-electron chi connectivity index (χ3n) is 5.30. The van der Waals surface area contributed by atoms with Gasteiger partial charge in [0.05, 0.1) is 5.39 Å². The normalized spacial score (nSPS) is 17.6. The van der Waals surface area contributed by atoms with E-state index in [0.717, 1.165) is 35.0 Å². The van der Waals surface area contributed by atoms with Crippen LogP contribution in [0.2, 0.25) is 0 Å². The van der Waals surface area contributed by atoms with Gasteiger partial charge < -0.3 is 5.32 Å². The molecule has 0 amide bonds. The Morgan fingerprint density at radius 3 is 2.96 bits per heavy atom. The summed E-state index contributed by atoms with van der Waals surface area (Å²) in [5.41, 5.74) is 2.46. The number of nitrogens with one attached hydrogen (secondary N) is 1. The van der Waals surface area contributed by atoms with Crippen molar-refractivity contribution in [1.82, 2.24) is 15.0 Å². The molecule has 0 bridgehead atoms. The maximum Gasteiger partial charge on any atom is 0.164 e. The van der Waals surface area contributed by atoms with Crippen LogP contribution >= 0.6 is 23.1 Å². The topological polar surface area (TPSA) is 50.7 Å². The van der Waals surface area contributed by atoms with Gasteiger partial charge in [0.2, 0.25) is 0 Å². The molecule has 128 valence electrons. The van der Waals surface area contributed by atoms with Crippen LogP contribution in [0.25, 0.3) is 21.6 Å². The number of thioether (sulfide) groups is 1. The summed E-state index contributed by atoms with van der Waals surface area (Å²) in [5.74, 6) is 1.79. The van der Waals surface area contributed by atoms with E-state index in [1.807, 2.05) is 41.4 Å². The molecule has 6 heteroatoms. The van der Waals surface area contributed by atoms with E-state index in [1.165, 1.54) is 41.5 Å². The smallest absolute Gasteiger partial charge is 0.164 e. The first-order valence-electron chi connectivity index (χ1n) is 8.80. The molecule has 3 aromatic rings. The highest BCUT2D eigenvalue weighted by Crippen LogP contribution is 2.47. The van der Waals surface area contributed by atoms with E-state index in [2.05, 4.69) is 16.6 Å². The van der Waals surface area contributed by atoms with E-state index in [1.54, 1.807) is 6.20 Å². The zero-order chi connectivity index (χ0) is 16.9. The number of hydrogen-bond donors (Lipinski definition) is 1. The lowest BCUT2D eigenvalue weighted by atomic mass is 10.1. The molecule has 5 rings (SSSR count). The number of aromatic nitrogens is 3. The number of nitrogens with zero attached hydrogens (tertiary/aromatic N) is 3. The average molecular weight is 369 g/mol. The number of thiophene rings is 1. The van der Waals surface area contributed by atoms with Gasteiger partial charge in [-0.25, -0.2) is 9.97 Å². The first-order chi connectivity index (χ1) is 12.3. The number of hydrogen-bond acceptors (Lipinski definition) is 6. The van der Waals surface area contributed by atoms with Crippen molar-refractivity contribution in [3.8, 4) is 11.4 Å². The van der Waals surface area contributed by atoms with Crippen LogP contribution in [0.3, 0.4) is 0 Å². The second kappa shape index (κ2) is 5.95. The standard InChI is InChI=1S/C19H20N4S2/c1-24-19(7-8-19)11-21-17-15-13-5-2-6-14(13)25-18(15)23-16(22-17)12-4-3-9-20-10-12/h3-4,9-10H,2,5-8,11H2,1H3,(H,21,22,23). The minimum atomic E-state index is 0.408. The number of anilines is 1. The van der Waals surface area contributed by atoms with Crippen LogP contribution in [0, 0.1) is 0 Å². The molecular formula is C19H20N4S2. The molecule has 1 saturated carbocycles. The maximum atomic E-state index is 4.92. The van der Waals surface area contributed by atoms with E-state index < -0.39 is 0 Å². The first kappa shape index (κ1) is 15.6. The fraction of sp³-hybridized carbons (Fsp3) is 0.421. The van der Waals surface area contributed by atoms with Crippen molar-refractivity contribution in [1.29, 1.82) is 0 Å². The van der Waals surface area contributed by atoms with Crippen molar-refractivity contribution in [3.05, 3.63) is 35.0 Å². The summed E-state index contributed by atoms with van der Waals surface area (Å²) in [7, 11) is 0. The zero-order valence-corrected chi connectivity index (χ0v) is 15.8. The molecule has 1 N–H and O–H groups in total.